The van der Waals surface area contributed by atoms with Crippen molar-refractivity contribution in [1.29, 1.82) is 0 Å². The lowest BCUT2D eigenvalue weighted by Crippen LogP contribution is -2.27. The number of amides is 1. The van der Waals surface area contributed by atoms with E-state index in [0.29, 0.717) is 19.8 Å². The lowest BCUT2D eigenvalue weighted by atomic mass is 10.1. The molecule has 0 unspecified atom stereocenters. The zero-order chi connectivity index (χ0) is 11.5. The fraction of sp³-hybridized carbons (Fsp3) is 0.545. The number of carbonyl (C=O) groups excluding carboxylic acids is 1. The van der Waals surface area contributed by atoms with Crippen molar-refractivity contribution < 1.29 is 9.53 Å². The first-order chi connectivity index (χ1) is 7.33. The first-order valence-electron chi connectivity index (χ1n) is 5.07. The van der Waals surface area contributed by atoms with Gasteiger partial charge in [-0.2, -0.15) is 0 Å². The summed E-state index contributed by atoms with van der Waals surface area (Å²) in [6, 6.07) is 0. The highest BCUT2D eigenvalue weighted by Gasteiger charge is 2.14. The van der Waals surface area contributed by atoms with Gasteiger partial charge in [0.15, 0.2) is 0 Å². The van der Waals surface area contributed by atoms with Crippen molar-refractivity contribution in [3.63, 3.8) is 0 Å². The average molecular weight is 210 g/mol. The quantitative estimate of drug-likeness (QED) is 0.642. The molecule has 1 fully saturated rings. The minimum atomic E-state index is -0.273. The van der Waals surface area contributed by atoms with Gasteiger partial charge in [0.1, 0.15) is 0 Å². The van der Waals surface area contributed by atoms with E-state index in [1.54, 1.807) is 6.08 Å². The Balaban J connectivity index is 0.000000921. The Morgan fingerprint density at radius 2 is 2.27 bits per heavy atom. The van der Waals surface area contributed by atoms with Crippen LogP contribution in [0.25, 0.3) is 0 Å². The molecule has 84 valence electrons. The van der Waals surface area contributed by atoms with Gasteiger partial charge in [0.05, 0.1) is 19.1 Å². The SMILES string of the molecule is CC.N/C=C/CNC(=O)C#CC1COC1. The Labute approximate surface area is 90.9 Å². The molecule has 0 aromatic carbocycles. The third-order valence-corrected chi connectivity index (χ3v) is 1.54. The zero-order valence-corrected chi connectivity index (χ0v) is 9.25. The van der Waals surface area contributed by atoms with E-state index >= 15 is 0 Å². The predicted molar refractivity (Wildman–Crippen MR) is 59.8 cm³/mol. The van der Waals surface area contributed by atoms with Crippen LogP contribution in [0.3, 0.4) is 0 Å². The Hall–Kier alpha value is -1.47. The number of nitrogens with one attached hydrogen (secondary N) is 1. The first kappa shape index (κ1) is 13.5. The van der Waals surface area contributed by atoms with E-state index in [-0.39, 0.29) is 11.8 Å². The fourth-order valence-corrected chi connectivity index (χ4v) is 0.751. The van der Waals surface area contributed by atoms with Crippen LogP contribution < -0.4 is 11.1 Å². The maximum absolute atomic E-state index is 11.0. The monoisotopic (exact) mass is 210 g/mol. The van der Waals surface area contributed by atoms with Crippen LogP contribution in [0.4, 0.5) is 0 Å². The molecule has 1 amide bonds. The molecule has 0 atom stereocenters. The van der Waals surface area contributed by atoms with Crippen LogP contribution in [0.15, 0.2) is 12.3 Å². The number of nitrogens with two attached hydrogens (primary N) is 1. The van der Waals surface area contributed by atoms with E-state index in [1.165, 1.54) is 6.20 Å². The summed E-state index contributed by atoms with van der Waals surface area (Å²) in [6.45, 7) is 5.71. The molecule has 0 radical (unpaired) electrons. The minimum Gasteiger partial charge on any atom is -0.405 e. The second-order valence-electron chi connectivity index (χ2n) is 2.64. The van der Waals surface area contributed by atoms with E-state index in [2.05, 4.69) is 17.2 Å². The molecule has 0 spiro atoms. The van der Waals surface area contributed by atoms with Crippen molar-refractivity contribution in [3.8, 4) is 11.8 Å². The van der Waals surface area contributed by atoms with Gasteiger partial charge in [-0.25, -0.2) is 0 Å². The highest BCUT2D eigenvalue weighted by Crippen LogP contribution is 2.06. The highest BCUT2D eigenvalue weighted by molar-refractivity contribution is 5.93. The molecule has 0 aromatic rings. The maximum Gasteiger partial charge on any atom is 0.296 e. The largest absolute Gasteiger partial charge is 0.405 e. The molecule has 4 heteroatoms. The van der Waals surface area contributed by atoms with Crippen molar-refractivity contribution in [2.75, 3.05) is 19.8 Å². The summed E-state index contributed by atoms with van der Waals surface area (Å²) in [5, 5.41) is 2.57. The summed E-state index contributed by atoms with van der Waals surface area (Å²) in [5.41, 5.74) is 5.08. The smallest absolute Gasteiger partial charge is 0.296 e. The Bertz CT molecular complexity index is 259. The molecule has 0 bridgehead atoms. The highest BCUT2D eigenvalue weighted by atomic mass is 16.5. The molecule has 1 aliphatic rings. The first-order valence-corrected chi connectivity index (χ1v) is 5.07. The van der Waals surface area contributed by atoms with Gasteiger partial charge in [-0.3, -0.25) is 4.79 Å². The van der Waals surface area contributed by atoms with Crippen LogP contribution >= 0.6 is 0 Å². The van der Waals surface area contributed by atoms with Gasteiger partial charge >= 0.3 is 0 Å². The predicted octanol–water partition coefficient (Wildman–Crippen LogP) is 0.251. The molecule has 0 saturated carbocycles. The van der Waals surface area contributed by atoms with Crippen LogP contribution in [0.5, 0.6) is 0 Å². The number of rotatable bonds is 2. The summed E-state index contributed by atoms with van der Waals surface area (Å²) in [4.78, 5) is 11.0. The summed E-state index contributed by atoms with van der Waals surface area (Å²) in [5.74, 6) is 5.25. The van der Waals surface area contributed by atoms with E-state index in [9.17, 15) is 4.79 Å². The molecular weight excluding hydrogens is 192 g/mol. The Morgan fingerprint density at radius 1 is 1.60 bits per heavy atom. The second-order valence-corrected chi connectivity index (χ2v) is 2.64. The summed E-state index contributed by atoms with van der Waals surface area (Å²) < 4.78 is 4.90. The zero-order valence-electron chi connectivity index (χ0n) is 9.25. The van der Waals surface area contributed by atoms with E-state index in [4.69, 9.17) is 10.5 Å². The van der Waals surface area contributed by atoms with Crippen molar-refractivity contribution in [2.45, 2.75) is 13.8 Å². The van der Waals surface area contributed by atoms with Crippen LogP contribution in [0.2, 0.25) is 0 Å². The topological polar surface area (TPSA) is 64.3 Å². The van der Waals surface area contributed by atoms with Crippen LogP contribution in [0.1, 0.15) is 13.8 Å². The van der Waals surface area contributed by atoms with Crippen molar-refractivity contribution >= 4 is 5.91 Å². The molecule has 1 rings (SSSR count). The van der Waals surface area contributed by atoms with Crippen molar-refractivity contribution in [2.24, 2.45) is 11.7 Å². The van der Waals surface area contributed by atoms with Gasteiger partial charge in [-0.05, 0) is 18.2 Å². The molecule has 0 aromatic heterocycles. The Kier molecular flexibility index (Phi) is 8.21. The van der Waals surface area contributed by atoms with E-state index in [0.717, 1.165) is 0 Å². The lowest BCUT2D eigenvalue weighted by molar-refractivity contribution is -0.115. The molecule has 1 saturated heterocycles. The normalized spacial score (nSPS) is 14.3. The van der Waals surface area contributed by atoms with Crippen molar-refractivity contribution in [3.05, 3.63) is 12.3 Å². The standard InChI is InChI=1S/C9H12N2O2.C2H6/c10-4-1-5-11-9(12)3-2-8-6-13-7-8;1-2/h1,4,8H,5-7,10H2,(H,11,12);1-2H3/b4-1+;. The fourth-order valence-electron chi connectivity index (χ4n) is 0.751. The summed E-state index contributed by atoms with van der Waals surface area (Å²) in [7, 11) is 0. The van der Waals surface area contributed by atoms with Crippen LogP contribution in [-0.4, -0.2) is 25.7 Å². The number of carbonyl (C=O) groups is 1. The molecule has 1 heterocycles. The van der Waals surface area contributed by atoms with Gasteiger partial charge in [0.2, 0.25) is 0 Å². The number of hydrogen-bond donors (Lipinski definition) is 2. The van der Waals surface area contributed by atoms with Crippen LogP contribution in [-0.2, 0) is 9.53 Å². The average Bonchev–Trinajstić information content (AvgIpc) is 2.19. The third-order valence-electron chi connectivity index (χ3n) is 1.54. The minimum absolute atomic E-state index is 0.232. The van der Waals surface area contributed by atoms with Crippen LogP contribution in [0, 0.1) is 17.8 Å². The molecule has 0 aliphatic carbocycles. The van der Waals surface area contributed by atoms with Gasteiger partial charge in [0.25, 0.3) is 5.91 Å². The molecule has 15 heavy (non-hydrogen) atoms. The third kappa shape index (κ3) is 6.58. The van der Waals surface area contributed by atoms with Gasteiger partial charge in [-0.1, -0.05) is 19.8 Å². The van der Waals surface area contributed by atoms with Gasteiger partial charge in [0, 0.05) is 6.54 Å². The van der Waals surface area contributed by atoms with Gasteiger partial charge in [-0.15, -0.1) is 0 Å². The summed E-state index contributed by atoms with van der Waals surface area (Å²) in [6.07, 6.45) is 3.03. The second kappa shape index (κ2) is 9.10. The maximum atomic E-state index is 11.0. The Morgan fingerprint density at radius 3 is 2.73 bits per heavy atom. The molecule has 4 nitrogen and oxygen atoms in total. The van der Waals surface area contributed by atoms with E-state index < -0.39 is 0 Å². The van der Waals surface area contributed by atoms with Crippen molar-refractivity contribution in [1.82, 2.24) is 5.32 Å². The molecule has 1 aliphatic heterocycles. The number of hydrogen-bond acceptors (Lipinski definition) is 3. The van der Waals surface area contributed by atoms with Gasteiger partial charge < -0.3 is 15.8 Å². The molecule has 3 N–H and O–H groups in total. The summed E-state index contributed by atoms with van der Waals surface area (Å²) >= 11 is 0. The lowest BCUT2D eigenvalue weighted by Gasteiger charge is -2.19. The van der Waals surface area contributed by atoms with E-state index in [1.807, 2.05) is 13.8 Å². The number of ether oxygens (including phenoxy) is 1. The molecular formula is C11H18N2O2.